The van der Waals surface area contributed by atoms with E-state index in [2.05, 4.69) is 5.32 Å². The van der Waals surface area contributed by atoms with Crippen LogP contribution in [0.2, 0.25) is 15.1 Å². The lowest BCUT2D eigenvalue weighted by Crippen LogP contribution is -2.21. The van der Waals surface area contributed by atoms with Crippen molar-refractivity contribution >= 4 is 52.4 Å². The number of nitrogens with one attached hydrogen (secondary N) is 1. The number of methoxy groups -OCH3 is 1. The minimum absolute atomic E-state index is 0.0755. The number of benzene rings is 2. The summed E-state index contributed by atoms with van der Waals surface area (Å²) < 4.78 is 9.94. The van der Waals surface area contributed by atoms with Gasteiger partial charge in [0.2, 0.25) is 0 Å². The number of esters is 1. The zero-order chi connectivity index (χ0) is 17.7. The Morgan fingerprint density at radius 2 is 1.83 bits per heavy atom. The smallest absolute Gasteiger partial charge is 0.340 e. The Bertz CT molecular complexity index is 780. The number of ether oxygens (including phenoxy) is 2. The number of anilines is 1. The van der Waals surface area contributed by atoms with E-state index in [-0.39, 0.29) is 15.6 Å². The van der Waals surface area contributed by atoms with Gasteiger partial charge in [0.15, 0.2) is 6.61 Å². The summed E-state index contributed by atoms with van der Waals surface area (Å²) in [5.41, 5.74) is 0.534. The van der Waals surface area contributed by atoms with Crippen LogP contribution in [0, 0.1) is 0 Å². The van der Waals surface area contributed by atoms with Gasteiger partial charge < -0.3 is 14.8 Å². The lowest BCUT2D eigenvalue weighted by molar-refractivity contribution is -0.119. The number of carbonyl (C=O) groups excluding carboxylic acids is 2. The number of rotatable bonds is 5. The van der Waals surface area contributed by atoms with Crippen LogP contribution in [-0.2, 0) is 9.53 Å². The van der Waals surface area contributed by atoms with Gasteiger partial charge in [0.1, 0.15) is 5.75 Å². The number of hydrogen-bond donors (Lipinski definition) is 1. The Labute approximate surface area is 153 Å². The van der Waals surface area contributed by atoms with Crippen molar-refractivity contribution in [2.24, 2.45) is 0 Å². The van der Waals surface area contributed by atoms with Crippen molar-refractivity contribution in [1.29, 1.82) is 0 Å². The quantitative estimate of drug-likeness (QED) is 0.769. The lowest BCUT2D eigenvalue weighted by atomic mass is 10.2. The molecular weight excluding hydrogens is 377 g/mol. The van der Waals surface area contributed by atoms with Crippen LogP contribution in [0.25, 0.3) is 0 Å². The second-order valence-corrected chi connectivity index (χ2v) is 5.77. The molecule has 1 N–H and O–H groups in total. The van der Waals surface area contributed by atoms with Crippen molar-refractivity contribution in [2.45, 2.75) is 0 Å². The van der Waals surface area contributed by atoms with E-state index in [1.54, 1.807) is 24.3 Å². The van der Waals surface area contributed by atoms with Crippen molar-refractivity contribution in [3.63, 3.8) is 0 Å². The predicted molar refractivity (Wildman–Crippen MR) is 93.4 cm³/mol. The van der Waals surface area contributed by atoms with E-state index in [0.29, 0.717) is 16.5 Å². The van der Waals surface area contributed by atoms with E-state index in [9.17, 15) is 9.59 Å². The van der Waals surface area contributed by atoms with Gasteiger partial charge in [-0.1, -0.05) is 40.9 Å². The first-order valence-corrected chi connectivity index (χ1v) is 7.80. The largest absolute Gasteiger partial charge is 0.495 e. The van der Waals surface area contributed by atoms with Gasteiger partial charge in [-0.05, 0) is 30.3 Å². The molecule has 1 amide bonds. The maximum atomic E-state index is 11.9. The molecule has 2 aromatic rings. The molecule has 2 aromatic carbocycles. The van der Waals surface area contributed by atoms with Crippen LogP contribution >= 0.6 is 34.8 Å². The number of carbonyl (C=O) groups is 2. The molecule has 0 aliphatic rings. The van der Waals surface area contributed by atoms with Crippen LogP contribution in [0.15, 0.2) is 36.4 Å². The Hall–Kier alpha value is -1.95. The molecule has 0 aliphatic heterocycles. The van der Waals surface area contributed by atoms with E-state index in [1.165, 1.54) is 19.2 Å². The molecule has 0 radical (unpaired) electrons. The average molecular weight is 389 g/mol. The zero-order valence-corrected chi connectivity index (χ0v) is 14.7. The van der Waals surface area contributed by atoms with E-state index in [0.717, 1.165) is 0 Å². The SMILES string of the molecule is COc1ccc(NC(=O)COC(=O)c2cccc(Cl)c2Cl)cc1Cl. The second kappa shape index (κ2) is 8.24. The summed E-state index contributed by atoms with van der Waals surface area (Å²) in [5.74, 6) is -0.787. The molecule has 0 fully saturated rings. The molecule has 0 unspecified atom stereocenters. The first-order valence-electron chi connectivity index (χ1n) is 6.67. The Morgan fingerprint density at radius 1 is 1.08 bits per heavy atom. The molecule has 0 atom stereocenters. The van der Waals surface area contributed by atoms with Crippen molar-refractivity contribution in [1.82, 2.24) is 0 Å². The first-order chi connectivity index (χ1) is 11.4. The van der Waals surface area contributed by atoms with Gasteiger partial charge in [-0.2, -0.15) is 0 Å². The minimum Gasteiger partial charge on any atom is -0.495 e. The highest BCUT2D eigenvalue weighted by atomic mass is 35.5. The standard InChI is InChI=1S/C16H12Cl3NO4/c1-23-13-6-5-9(7-12(13)18)20-14(21)8-24-16(22)10-3-2-4-11(17)15(10)19/h2-7H,8H2,1H3,(H,20,21). The van der Waals surface area contributed by atoms with E-state index >= 15 is 0 Å². The van der Waals surface area contributed by atoms with E-state index in [1.807, 2.05) is 0 Å². The fraction of sp³-hybridized carbons (Fsp3) is 0.125. The topological polar surface area (TPSA) is 64.6 Å². The van der Waals surface area contributed by atoms with Gasteiger partial charge in [-0.25, -0.2) is 4.79 Å². The van der Waals surface area contributed by atoms with Crippen LogP contribution in [0.5, 0.6) is 5.75 Å². The van der Waals surface area contributed by atoms with Gasteiger partial charge in [0.05, 0.1) is 27.7 Å². The third kappa shape index (κ3) is 4.54. The van der Waals surface area contributed by atoms with Crippen molar-refractivity contribution < 1.29 is 19.1 Å². The molecule has 0 bridgehead atoms. The maximum absolute atomic E-state index is 11.9. The normalized spacial score (nSPS) is 10.2. The summed E-state index contributed by atoms with van der Waals surface area (Å²) >= 11 is 17.7. The molecule has 0 aliphatic carbocycles. The van der Waals surface area contributed by atoms with E-state index < -0.39 is 18.5 Å². The minimum atomic E-state index is -0.745. The lowest BCUT2D eigenvalue weighted by Gasteiger charge is -2.09. The molecular formula is C16H12Cl3NO4. The fourth-order valence-corrected chi connectivity index (χ4v) is 2.45. The second-order valence-electron chi connectivity index (χ2n) is 4.58. The first kappa shape index (κ1) is 18.4. The number of halogens is 3. The molecule has 0 spiro atoms. The third-order valence-electron chi connectivity index (χ3n) is 2.94. The average Bonchev–Trinajstić information content (AvgIpc) is 2.55. The van der Waals surface area contributed by atoms with Crippen molar-refractivity contribution in [2.75, 3.05) is 19.0 Å². The highest BCUT2D eigenvalue weighted by Gasteiger charge is 2.15. The molecule has 0 saturated carbocycles. The van der Waals surface area contributed by atoms with Crippen molar-refractivity contribution in [3.05, 3.63) is 57.0 Å². The van der Waals surface area contributed by atoms with Gasteiger partial charge in [0, 0.05) is 5.69 Å². The van der Waals surface area contributed by atoms with E-state index in [4.69, 9.17) is 44.3 Å². The van der Waals surface area contributed by atoms with Crippen molar-refractivity contribution in [3.8, 4) is 5.75 Å². The highest BCUT2D eigenvalue weighted by Crippen LogP contribution is 2.27. The third-order valence-corrected chi connectivity index (χ3v) is 4.06. The molecule has 24 heavy (non-hydrogen) atoms. The molecule has 8 heteroatoms. The monoisotopic (exact) mass is 387 g/mol. The molecule has 5 nitrogen and oxygen atoms in total. The summed E-state index contributed by atoms with van der Waals surface area (Å²) in [6, 6.07) is 9.30. The molecule has 0 saturated heterocycles. The van der Waals surface area contributed by atoms with Crippen LogP contribution in [0.4, 0.5) is 5.69 Å². The molecule has 2 rings (SSSR count). The van der Waals surface area contributed by atoms with Crippen LogP contribution < -0.4 is 10.1 Å². The van der Waals surface area contributed by atoms with Crippen LogP contribution in [-0.4, -0.2) is 25.6 Å². The van der Waals surface area contributed by atoms with Crippen LogP contribution in [0.1, 0.15) is 10.4 Å². The molecule has 126 valence electrons. The Morgan fingerprint density at radius 3 is 2.50 bits per heavy atom. The number of hydrogen-bond acceptors (Lipinski definition) is 4. The number of amides is 1. The van der Waals surface area contributed by atoms with Gasteiger partial charge in [-0.15, -0.1) is 0 Å². The Kier molecular flexibility index (Phi) is 6.31. The molecule has 0 aromatic heterocycles. The van der Waals surface area contributed by atoms with Gasteiger partial charge in [-0.3, -0.25) is 4.79 Å². The summed E-state index contributed by atoms with van der Waals surface area (Å²) in [5, 5.41) is 3.20. The summed E-state index contributed by atoms with van der Waals surface area (Å²) in [7, 11) is 1.49. The Balaban J connectivity index is 1.94. The fourth-order valence-electron chi connectivity index (χ4n) is 1.81. The summed E-state index contributed by atoms with van der Waals surface area (Å²) in [6.45, 7) is -0.481. The predicted octanol–water partition coefficient (Wildman–Crippen LogP) is 4.45. The zero-order valence-electron chi connectivity index (χ0n) is 12.4. The maximum Gasteiger partial charge on any atom is 0.340 e. The van der Waals surface area contributed by atoms with Crippen LogP contribution in [0.3, 0.4) is 0 Å². The summed E-state index contributed by atoms with van der Waals surface area (Å²) in [6.07, 6.45) is 0. The van der Waals surface area contributed by atoms with Gasteiger partial charge >= 0.3 is 5.97 Å². The summed E-state index contributed by atoms with van der Waals surface area (Å²) in [4.78, 5) is 23.8. The molecule has 0 heterocycles. The highest BCUT2D eigenvalue weighted by molar-refractivity contribution is 6.43. The van der Waals surface area contributed by atoms with Gasteiger partial charge in [0.25, 0.3) is 5.91 Å².